The SMILES string of the molecule is O=C(Nc1nc(-c2ccc(Cl)cc2)nc2c1cnn2C1CCCC1)c1ccc([N+](=O)[O-])s1. The minimum atomic E-state index is -0.519. The molecule has 3 aromatic heterocycles. The van der Waals surface area contributed by atoms with Gasteiger partial charge >= 0.3 is 5.00 Å². The second kappa shape index (κ2) is 8.29. The highest BCUT2D eigenvalue weighted by atomic mass is 35.5. The van der Waals surface area contributed by atoms with Gasteiger partial charge in [0.25, 0.3) is 5.91 Å². The molecule has 0 radical (unpaired) electrons. The molecule has 162 valence electrons. The molecule has 1 aliphatic carbocycles. The van der Waals surface area contributed by atoms with E-state index >= 15 is 0 Å². The van der Waals surface area contributed by atoms with E-state index in [1.54, 1.807) is 18.3 Å². The molecule has 0 unspecified atom stereocenters. The summed E-state index contributed by atoms with van der Waals surface area (Å²) in [6.07, 6.45) is 5.99. The maximum atomic E-state index is 12.8. The number of carbonyl (C=O) groups excluding carboxylic acids is 1. The lowest BCUT2D eigenvalue weighted by atomic mass is 10.2. The maximum absolute atomic E-state index is 12.8. The average Bonchev–Trinajstić information content (AvgIpc) is 3.53. The predicted octanol–water partition coefficient (Wildman–Crippen LogP) is 5.48. The van der Waals surface area contributed by atoms with Gasteiger partial charge < -0.3 is 5.32 Å². The number of hydrogen-bond donors (Lipinski definition) is 1. The van der Waals surface area contributed by atoms with Gasteiger partial charge in [-0.05, 0) is 43.2 Å². The molecule has 5 rings (SSSR count). The van der Waals surface area contributed by atoms with Gasteiger partial charge in [-0.2, -0.15) is 5.10 Å². The van der Waals surface area contributed by atoms with E-state index < -0.39 is 10.8 Å². The van der Waals surface area contributed by atoms with Crippen LogP contribution in [0.4, 0.5) is 10.8 Å². The summed E-state index contributed by atoms with van der Waals surface area (Å²) in [6.45, 7) is 0. The first kappa shape index (κ1) is 20.5. The standard InChI is InChI=1S/C21H17ClN6O3S/c22-13-7-5-12(6-8-13)18-24-19(26-21(29)16-9-10-17(32-16)28(30)31)15-11-23-27(20(15)25-18)14-3-1-2-4-14/h5-11,14H,1-4H2,(H,24,25,26,29). The minimum absolute atomic E-state index is 0.0982. The van der Waals surface area contributed by atoms with Crippen molar-refractivity contribution in [3.05, 3.63) is 62.6 Å². The summed E-state index contributed by atoms with van der Waals surface area (Å²) >= 11 is 6.83. The summed E-state index contributed by atoms with van der Waals surface area (Å²) in [7, 11) is 0. The van der Waals surface area contributed by atoms with Crippen LogP contribution in [0.25, 0.3) is 22.4 Å². The van der Waals surface area contributed by atoms with Crippen molar-refractivity contribution in [3.63, 3.8) is 0 Å². The highest BCUT2D eigenvalue weighted by Crippen LogP contribution is 2.34. The van der Waals surface area contributed by atoms with Crippen LogP contribution in [0.3, 0.4) is 0 Å². The number of nitrogens with one attached hydrogen (secondary N) is 1. The topological polar surface area (TPSA) is 116 Å². The molecular weight excluding hydrogens is 452 g/mol. The van der Waals surface area contributed by atoms with Crippen molar-refractivity contribution < 1.29 is 9.72 Å². The molecule has 1 aliphatic rings. The highest BCUT2D eigenvalue weighted by molar-refractivity contribution is 7.17. The van der Waals surface area contributed by atoms with Gasteiger partial charge in [0.05, 0.1) is 27.4 Å². The number of fused-ring (bicyclic) bond motifs is 1. The minimum Gasteiger partial charge on any atom is -0.305 e. The van der Waals surface area contributed by atoms with Gasteiger partial charge in [0, 0.05) is 16.7 Å². The molecule has 1 amide bonds. The lowest BCUT2D eigenvalue weighted by Gasteiger charge is -2.12. The molecule has 1 aromatic carbocycles. The fourth-order valence-electron chi connectivity index (χ4n) is 3.88. The van der Waals surface area contributed by atoms with E-state index in [1.807, 2.05) is 16.8 Å². The normalized spacial score (nSPS) is 14.2. The Labute approximate surface area is 191 Å². The van der Waals surface area contributed by atoms with Crippen molar-refractivity contribution in [1.82, 2.24) is 19.7 Å². The van der Waals surface area contributed by atoms with Crippen molar-refractivity contribution in [3.8, 4) is 11.4 Å². The summed E-state index contributed by atoms with van der Waals surface area (Å²) in [5.41, 5.74) is 1.39. The average molecular weight is 469 g/mol. The van der Waals surface area contributed by atoms with Crippen molar-refractivity contribution in [2.24, 2.45) is 0 Å². The number of carbonyl (C=O) groups is 1. The van der Waals surface area contributed by atoms with Gasteiger partial charge in [-0.15, -0.1) is 0 Å². The number of rotatable bonds is 5. The van der Waals surface area contributed by atoms with E-state index in [4.69, 9.17) is 16.6 Å². The molecule has 0 saturated heterocycles. The smallest absolute Gasteiger partial charge is 0.305 e. The zero-order valence-electron chi connectivity index (χ0n) is 16.7. The van der Waals surface area contributed by atoms with Gasteiger partial charge in [0.2, 0.25) is 0 Å². The number of nitrogens with zero attached hydrogens (tertiary/aromatic N) is 5. The monoisotopic (exact) mass is 468 g/mol. The molecule has 1 fully saturated rings. The maximum Gasteiger partial charge on any atom is 0.324 e. The Morgan fingerprint density at radius 3 is 2.59 bits per heavy atom. The van der Waals surface area contributed by atoms with Gasteiger partial charge in [-0.3, -0.25) is 14.9 Å². The Morgan fingerprint density at radius 1 is 1.16 bits per heavy atom. The van der Waals surface area contributed by atoms with Crippen LogP contribution < -0.4 is 5.32 Å². The molecule has 1 saturated carbocycles. The van der Waals surface area contributed by atoms with Crippen LogP contribution in [0.15, 0.2) is 42.6 Å². The Morgan fingerprint density at radius 2 is 1.91 bits per heavy atom. The van der Waals surface area contributed by atoms with Crippen molar-refractivity contribution >= 4 is 50.7 Å². The number of halogens is 1. The van der Waals surface area contributed by atoms with E-state index in [2.05, 4.69) is 15.4 Å². The zero-order chi connectivity index (χ0) is 22.2. The van der Waals surface area contributed by atoms with Gasteiger partial charge in [0.15, 0.2) is 11.5 Å². The first-order valence-corrected chi connectivity index (χ1v) is 11.3. The summed E-state index contributed by atoms with van der Waals surface area (Å²) in [4.78, 5) is 32.8. The number of thiophene rings is 1. The zero-order valence-corrected chi connectivity index (χ0v) is 18.3. The molecule has 3 heterocycles. The van der Waals surface area contributed by atoms with Crippen LogP contribution in [-0.4, -0.2) is 30.6 Å². The fraction of sp³-hybridized carbons (Fsp3) is 0.238. The summed E-state index contributed by atoms with van der Waals surface area (Å²) < 4.78 is 1.91. The fourth-order valence-corrected chi connectivity index (χ4v) is 4.72. The van der Waals surface area contributed by atoms with E-state index in [9.17, 15) is 14.9 Å². The highest BCUT2D eigenvalue weighted by Gasteiger charge is 2.24. The molecule has 0 aliphatic heterocycles. The summed E-state index contributed by atoms with van der Waals surface area (Å²) in [5, 5.41) is 19.4. The van der Waals surface area contributed by atoms with Crippen molar-refractivity contribution in [2.75, 3.05) is 5.32 Å². The molecule has 11 heteroatoms. The molecule has 0 spiro atoms. The molecule has 0 bridgehead atoms. The number of nitro groups is 1. The molecule has 32 heavy (non-hydrogen) atoms. The van der Waals surface area contributed by atoms with Crippen LogP contribution in [0.5, 0.6) is 0 Å². The molecule has 9 nitrogen and oxygen atoms in total. The Hall–Kier alpha value is -3.37. The quantitative estimate of drug-likeness (QED) is 0.306. The number of benzene rings is 1. The van der Waals surface area contributed by atoms with E-state index in [0.717, 1.165) is 42.6 Å². The van der Waals surface area contributed by atoms with Crippen molar-refractivity contribution in [1.29, 1.82) is 0 Å². The molecule has 1 N–H and O–H groups in total. The third-order valence-electron chi connectivity index (χ3n) is 5.45. The van der Waals surface area contributed by atoms with Gasteiger partial charge in [-0.1, -0.05) is 35.8 Å². The summed E-state index contributed by atoms with van der Waals surface area (Å²) in [6, 6.07) is 10.1. The second-order valence-corrected chi connectivity index (χ2v) is 9.02. The first-order chi connectivity index (χ1) is 15.5. The summed E-state index contributed by atoms with van der Waals surface area (Å²) in [5.74, 6) is 0.269. The van der Waals surface area contributed by atoms with E-state index in [1.165, 1.54) is 12.1 Å². The number of anilines is 1. The third-order valence-corrected chi connectivity index (χ3v) is 6.74. The number of aromatic nitrogens is 4. The van der Waals surface area contributed by atoms with Crippen LogP contribution in [0.2, 0.25) is 5.02 Å². The second-order valence-electron chi connectivity index (χ2n) is 7.52. The molecular formula is C21H17ClN6O3S. The van der Waals surface area contributed by atoms with Crippen LogP contribution in [0.1, 0.15) is 41.4 Å². The van der Waals surface area contributed by atoms with E-state index in [0.29, 0.717) is 27.7 Å². The molecule has 0 atom stereocenters. The van der Waals surface area contributed by atoms with E-state index in [-0.39, 0.29) is 15.9 Å². The van der Waals surface area contributed by atoms with Gasteiger partial charge in [0.1, 0.15) is 5.82 Å². The van der Waals surface area contributed by atoms with Crippen LogP contribution in [0, 0.1) is 10.1 Å². The van der Waals surface area contributed by atoms with Gasteiger partial charge in [-0.25, -0.2) is 14.6 Å². The van der Waals surface area contributed by atoms with Crippen molar-refractivity contribution in [2.45, 2.75) is 31.7 Å². The third kappa shape index (κ3) is 3.82. The lowest BCUT2D eigenvalue weighted by molar-refractivity contribution is -0.380. The Bertz CT molecular complexity index is 1330. The lowest BCUT2D eigenvalue weighted by Crippen LogP contribution is -2.13. The Balaban J connectivity index is 1.58. The molecule has 4 aromatic rings. The number of hydrogen-bond acceptors (Lipinski definition) is 7. The van der Waals surface area contributed by atoms with Crippen LogP contribution in [-0.2, 0) is 0 Å². The number of amides is 1. The Kier molecular flexibility index (Phi) is 5.32. The predicted molar refractivity (Wildman–Crippen MR) is 122 cm³/mol. The largest absolute Gasteiger partial charge is 0.324 e. The van der Waals surface area contributed by atoms with Crippen LogP contribution >= 0.6 is 22.9 Å². The first-order valence-electron chi connectivity index (χ1n) is 10.1.